The summed E-state index contributed by atoms with van der Waals surface area (Å²) in [7, 11) is 1.85. The molecule has 1 amide bonds. The van der Waals surface area contributed by atoms with Crippen LogP contribution in [-0.2, 0) is 7.05 Å². The number of carbonyl (C=O) groups is 1. The predicted octanol–water partition coefficient (Wildman–Crippen LogP) is 3.51. The van der Waals surface area contributed by atoms with Crippen LogP contribution in [0.25, 0.3) is 5.82 Å². The number of piperidine rings is 1. The van der Waals surface area contributed by atoms with Crippen LogP contribution >= 0.6 is 11.3 Å². The third kappa shape index (κ3) is 3.37. The van der Waals surface area contributed by atoms with E-state index in [4.69, 9.17) is 4.98 Å². The Hall–Kier alpha value is -2.48. The maximum absolute atomic E-state index is 13.5. The third-order valence-corrected chi connectivity index (χ3v) is 6.34. The molecule has 3 aromatic heterocycles. The molecule has 0 aliphatic carbocycles. The number of carbonyl (C=O) groups excluding carboxylic acids is 1. The Labute approximate surface area is 169 Å². The van der Waals surface area contributed by atoms with Gasteiger partial charge in [0.05, 0.1) is 16.4 Å². The van der Waals surface area contributed by atoms with Crippen molar-refractivity contribution >= 4 is 17.2 Å². The highest BCUT2D eigenvalue weighted by molar-refractivity contribution is 7.09. The Morgan fingerprint density at radius 1 is 1.36 bits per heavy atom. The zero-order chi connectivity index (χ0) is 19.8. The smallest absolute Gasteiger partial charge is 0.259 e. The zero-order valence-electron chi connectivity index (χ0n) is 16.8. The highest BCUT2D eigenvalue weighted by atomic mass is 32.1. The van der Waals surface area contributed by atoms with Crippen molar-refractivity contribution in [2.45, 2.75) is 45.4 Å². The van der Waals surface area contributed by atoms with Gasteiger partial charge in [0.15, 0.2) is 5.82 Å². The van der Waals surface area contributed by atoms with Crippen molar-refractivity contribution in [3.05, 3.63) is 45.8 Å². The third-order valence-electron chi connectivity index (χ3n) is 5.32. The Balaban J connectivity index is 1.60. The van der Waals surface area contributed by atoms with Gasteiger partial charge in [-0.2, -0.15) is 10.2 Å². The minimum absolute atomic E-state index is 0.0291. The molecular formula is C20H26N6OS. The molecule has 0 aromatic carbocycles. The van der Waals surface area contributed by atoms with Gasteiger partial charge in [-0.1, -0.05) is 13.8 Å². The predicted molar refractivity (Wildman–Crippen MR) is 109 cm³/mol. The first-order valence-electron chi connectivity index (χ1n) is 9.74. The molecule has 8 heteroatoms. The van der Waals surface area contributed by atoms with Crippen molar-refractivity contribution in [1.29, 1.82) is 0 Å². The molecule has 4 rings (SSSR count). The number of hydrogen-bond donors (Lipinski definition) is 0. The molecule has 4 heterocycles. The van der Waals surface area contributed by atoms with Crippen molar-refractivity contribution in [1.82, 2.24) is 29.4 Å². The van der Waals surface area contributed by atoms with Gasteiger partial charge in [0.2, 0.25) is 0 Å². The molecule has 28 heavy (non-hydrogen) atoms. The lowest BCUT2D eigenvalue weighted by Crippen LogP contribution is -2.39. The number of aromatic nitrogens is 5. The molecule has 148 valence electrons. The van der Waals surface area contributed by atoms with Gasteiger partial charge < -0.3 is 4.90 Å². The molecule has 0 bridgehead atoms. The Morgan fingerprint density at radius 3 is 2.86 bits per heavy atom. The molecule has 0 N–H and O–H groups in total. The molecule has 1 saturated heterocycles. The summed E-state index contributed by atoms with van der Waals surface area (Å²) in [6, 6.07) is 1.85. The number of rotatable bonds is 4. The van der Waals surface area contributed by atoms with Crippen molar-refractivity contribution in [3.63, 3.8) is 0 Å². The van der Waals surface area contributed by atoms with Crippen molar-refractivity contribution in [2.24, 2.45) is 7.05 Å². The summed E-state index contributed by atoms with van der Waals surface area (Å²) in [6.45, 7) is 7.69. The SMILES string of the molecule is Cc1nn(C)c(-n2cccn2)c1C(=O)N1CCCC(c2nc(C(C)C)cs2)C1. The Kier molecular flexibility index (Phi) is 5.05. The number of amides is 1. The van der Waals surface area contributed by atoms with E-state index in [1.54, 1.807) is 26.9 Å². The van der Waals surface area contributed by atoms with Gasteiger partial charge in [0.25, 0.3) is 5.91 Å². The van der Waals surface area contributed by atoms with E-state index in [-0.39, 0.29) is 5.91 Å². The molecule has 7 nitrogen and oxygen atoms in total. The monoisotopic (exact) mass is 398 g/mol. The van der Waals surface area contributed by atoms with Gasteiger partial charge in [0.1, 0.15) is 5.56 Å². The second-order valence-electron chi connectivity index (χ2n) is 7.71. The minimum atomic E-state index is 0.0291. The summed E-state index contributed by atoms with van der Waals surface area (Å²) in [4.78, 5) is 20.2. The maximum Gasteiger partial charge on any atom is 0.259 e. The average molecular weight is 399 g/mol. The van der Waals surface area contributed by atoms with E-state index >= 15 is 0 Å². The fraction of sp³-hybridized carbons (Fsp3) is 0.500. The van der Waals surface area contributed by atoms with E-state index in [2.05, 4.69) is 29.4 Å². The molecule has 1 atom stereocenters. The second-order valence-corrected chi connectivity index (χ2v) is 8.60. The average Bonchev–Trinajstić information content (AvgIpc) is 3.41. The summed E-state index contributed by atoms with van der Waals surface area (Å²) in [5.74, 6) is 1.48. The number of likely N-dealkylation sites (tertiary alicyclic amines) is 1. The molecule has 0 radical (unpaired) electrons. The quantitative estimate of drug-likeness (QED) is 0.674. The summed E-state index contributed by atoms with van der Waals surface area (Å²) < 4.78 is 3.44. The summed E-state index contributed by atoms with van der Waals surface area (Å²) >= 11 is 1.72. The van der Waals surface area contributed by atoms with E-state index in [1.807, 2.05) is 31.1 Å². The molecule has 1 aliphatic heterocycles. The van der Waals surface area contributed by atoms with Crippen LogP contribution in [0.1, 0.15) is 65.3 Å². The second kappa shape index (κ2) is 7.50. The van der Waals surface area contributed by atoms with E-state index in [1.165, 1.54) is 0 Å². The lowest BCUT2D eigenvalue weighted by molar-refractivity contribution is 0.0706. The van der Waals surface area contributed by atoms with E-state index in [9.17, 15) is 4.79 Å². The lowest BCUT2D eigenvalue weighted by Gasteiger charge is -2.32. The van der Waals surface area contributed by atoms with Crippen LogP contribution in [0.3, 0.4) is 0 Å². The van der Waals surface area contributed by atoms with Gasteiger partial charge in [-0.25, -0.2) is 14.3 Å². The highest BCUT2D eigenvalue weighted by Gasteiger charge is 2.31. The van der Waals surface area contributed by atoms with Crippen LogP contribution < -0.4 is 0 Å². The van der Waals surface area contributed by atoms with Crippen LogP contribution in [-0.4, -0.2) is 48.4 Å². The molecular weight excluding hydrogens is 372 g/mol. The first kappa shape index (κ1) is 18.9. The highest BCUT2D eigenvalue weighted by Crippen LogP contribution is 2.32. The maximum atomic E-state index is 13.5. The topological polar surface area (TPSA) is 68.8 Å². The molecule has 0 spiro atoms. The van der Waals surface area contributed by atoms with Crippen molar-refractivity contribution in [3.8, 4) is 5.82 Å². The van der Waals surface area contributed by atoms with Crippen LogP contribution in [0.4, 0.5) is 0 Å². The fourth-order valence-electron chi connectivity index (χ4n) is 3.83. The van der Waals surface area contributed by atoms with Gasteiger partial charge in [-0.05, 0) is 31.7 Å². The largest absolute Gasteiger partial charge is 0.338 e. The number of aryl methyl sites for hydroxylation is 2. The van der Waals surface area contributed by atoms with Gasteiger partial charge in [-0.15, -0.1) is 11.3 Å². The number of hydrogen-bond acceptors (Lipinski definition) is 5. The lowest BCUT2D eigenvalue weighted by atomic mass is 9.98. The van der Waals surface area contributed by atoms with E-state index < -0.39 is 0 Å². The first-order valence-corrected chi connectivity index (χ1v) is 10.6. The van der Waals surface area contributed by atoms with Gasteiger partial charge in [-0.3, -0.25) is 4.79 Å². The number of nitrogens with zero attached hydrogens (tertiary/aromatic N) is 6. The van der Waals surface area contributed by atoms with Crippen LogP contribution in [0.2, 0.25) is 0 Å². The molecule has 1 unspecified atom stereocenters. The standard InChI is InChI=1S/C20H26N6OS/c1-13(2)16-12-28-18(22-16)15-7-5-9-25(11-15)20(27)17-14(3)23-24(4)19(17)26-10-6-8-21-26/h6,8,10,12-13,15H,5,7,9,11H2,1-4H3. The number of thiazole rings is 1. The van der Waals surface area contributed by atoms with Crippen LogP contribution in [0.5, 0.6) is 0 Å². The normalized spacial score (nSPS) is 17.5. The summed E-state index contributed by atoms with van der Waals surface area (Å²) in [5.41, 5.74) is 2.51. The molecule has 1 aliphatic rings. The van der Waals surface area contributed by atoms with E-state index in [0.29, 0.717) is 29.8 Å². The summed E-state index contributed by atoms with van der Waals surface area (Å²) in [6.07, 6.45) is 5.62. The van der Waals surface area contributed by atoms with E-state index in [0.717, 1.165) is 35.8 Å². The molecule has 3 aromatic rings. The molecule has 1 fully saturated rings. The van der Waals surface area contributed by atoms with Crippen molar-refractivity contribution in [2.75, 3.05) is 13.1 Å². The van der Waals surface area contributed by atoms with Crippen LogP contribution in [0.15, 0.2) is 23.8 Å². The molecule has 0 saturated carbocycles. The van der Waals surface area contributed by atoms with Gasteiger partial charge >= 0.3 is 0 Å². The fourth-order valence-corrected chi connectivity index (χ4v) is 4.94. The summed E-state index contributed by atoms with van der Waals surface area (Å²) in [5, 5.41) is 12.1. The minimum Gasteiger partial charge on any atom is -0.338 e. The zero-order valence-corrected chi connectivity index (χ0v) is 17.6. The van der Waals surface area contributed by atoms with Crippen molar-refractivity contribution < 1.29 is 4.79 Å². The Morgan fingerprint density at radius 2 is 2.18 bits per heavy atom. The Bertz CT molecular complexity index is 971. The van der Waals surface area contributed by atoms with Crippen LogP contribution in [0, 0.1) is 6.92 Å². The first-order chi connectivity index (χ1) is 13.5. The van der Waals surface area contributed by atoms with Gasteiger partial charge in [0, 0.05) is 43.8 Å².